The van der Waals surface area contributed by atoms with Crippen LogP contribution in [0.4, 0.5) is 5.69 Å². The molecule has 1 aliphatic heterocycles. The molecule has 1 aromatic carbocycles. The van der Waals surface area contributed by atoms with Gasteiger partial charge in [-0.25, -0.2) is 4.90 Å². The lowest BCUT2D eigenvalue weighted by Gasteiger charge is -2.13. The molecule has 2 rings (SSSR count). The highest BCUT2D eigenvalue weighted by Crippen LogP contribution is 2.26. The maximum atomic E-state index is 12.4. The highest BCUT2D eigenvalue weighted by Gasteiger charge is 2.35. The van der Waals surface area contributed by atoms with E-state index in [1.807, 2.05) is 19.9 Å². The number of hydrogen-bond acceptors (Lipinski definition) is 3. The summed E-state index contributed by atoms with van der Waals surface area (Å²) in [6.07, 6.45) is 1.63. The van der Waals surface area contributed by atoms with E-state index in [9.17, 15) is 14.4 Å². The average molecular weight is 314 g/mol. The number of nitrogens with one attached hydrogen (secondary N) is 1. The number of hydrogen-bond donors (Lipinski definition) is 1. The second-order valence-corrected chi connectivity index (χ2v) is 6.17. The minimum atomic E-state index is -0.448. The number of anilines is 1. The normalized spacial score (nSPS) is 17.9. The van der Waals surface area contributed by atoms with Crippen LogP contribution in [-0.2, 0) is 14.4 Å². The number of nitrogens with zero attached hydrogens (tertiary/aromatic N) is 1. The minimum absolute atomic E-state index is 0.0372. The molecule has 5 heteroatoms. The Morgan fingerprint density at radius 3 is 2.48 bits per heavy atom. The van der Waals surface area contributed by atoms with E-state index in [1.165, 1.54) is 4.90 Å². The first-order valence-corrected chi connectivity index (χ1v) is 7.81. The molecule has 0 bridgehead atoms. The molecule has 1 saturated heterocycles. The maximum absolute atomic E-state index is 12.4. The van der Waals surface area contributed by atoms with Gasteiger partial charge in [0.25, 0.3) is 5.91 Å². The van der Waals surface area contributed by atoms with Crippen LogP contribution in [0.25, 0.3) is 0 Å². The summed E-state index contributed by atoms with van der Waals surface area (Å²) in [7, 11) is 0. The first-order valence-electron chi connectivity index (χ1n) is 7.81. The fraction of sp³-hybridized carbons (Fsp3) is 0.389. The molecular weight excluding hydrogens is 292 g/mol. The van der Waals surface area contributed by atoms with Crippen molar-refractivity contribution in [2.75, 3.05) is 11.4 Å². The van der Waals surface area contributed by atoms with Gasteiger partial charge in [0.1, 0.15) is 0 Å². The van der Waals surface area contributed by atoms with Crippen LogP contribution in [0.5, 0.6) is 0 Å². The second-order valence-electron chi connectivity index (χ2n) is 6.17. The van der Waals surface area contributed by atoms with Crippen molar-refractivity contribution in [1.82, 2.24) is 5.32 Å². The summed E-state index contributed by atoms with van der Waals surface area (Å²) >= 11 is 0. The highest BCUT2D eigenvalue weighted by atomic mass is 16.2. The molecule has 1 fully saturated rings. The second kappa shape index (κ2) is 7.22. The Labute approximate surface area is 136 Å². The van der Waals surface area contributed by atoms with Crippen LogP contribution in [0.2, 0.25) is 0 Å². The molecule has 1 unspecified atom stereocenters. The standard InChI is InChI=1S/C18H22N2O3/c1-12(2)11-19-17(22)13(3)9-14-10-16(21)20(18(14)23)15-7-5-4-6-8-15/h4-9,12-13H,10-11H2,1-3H3,(H,19,22)/b14-9+. The van der Waals surface area contributed by atoms with Gasteiger partial charge in [0.05, 0.1) is 18.0 Å². The van der Waals surface area contributed by atoms with Crippen LogP contribution in [0.1, 0.15) is 27.2 Å². The lowest BCUT2D eigenvalue weighted by Crippen LogP contribution is -2.32. The van der Waals surface area contributed by atoms with Crippen molar-refractivity contribution < 1.29 is 14.4 Å². The molecule has 0 aliphatic carbocycles. The predicted octanol–water partition coefficient (Wildman–Crippen LogP) is 2.28. The number of amides is 3. The van der Waals surface area contributed by atoms with Crippen molar-refractivity contribution in [3.8, 4) is 0 Å². The molecule has 122 valence electrons. The summed E-state index contributed by atoms with van der Waals surface area (Å²) in [4.78, 5) is 37.8. The molecular formula is C18H22N2O3. The number of benzene rings is 1. The Morgan fingerprint density at radius 2 is 1.87 bits per heavy atom. The maximum Gasteiger partial charge on any atom is 0.261 e. The lowest BCUT2D eigenvalue weighted by molar-refractivity contribution is -0.123. The van der Waals surface area contributed by atoms with Gasteiger partial charge in [-0.3, -0.25) is 14.4 Å². The van der Waals surface area contributed by atoms with E-state index < -0.39 is 5.92 Å². The van der Waals surface area contributed by atoms with Crippen LogP contribution in [0.15, 0.2) is 42.0 Å². The summed E-state index contributed by atoms with van der Waals surface area (Å²) < 4.78 is 0. The van der Waals surface area contributed by atoms with Crippen LogP contribution >= 0.6 is 0 Å². The largest absolute Gasteiger partial charge is 0.355 e. The Hall–Kier alpha value is -2.43. The molecule has 1 aromatic rings. The van der Waals surface area contributed by atoms with Crippen molar-refractivity contribution >= 4 is 23.4 Å². The van der Waals surface area contributed by atoms with Crippen LogP contribution in [0, 0.1) is 11.8 Å². The molecule has 1 atom stereocenters. The minimum Gasteiger partial charge on any atom is -0.355 e. The van der Waals surface area contributed by atoms with Gasteiger partial charge in [-0.1, -0.05) is 45.0 Å². The zero-order valence-electron chi connectivity index (χ0n) is 13.7. The van der Waals surface area contributed by atoms with E-state index in [0.717, 1.165) is 0 Å². The van der Waals surface area contributed by atoms with Crippen LogP contribution in [0.3, 0.4) is 0 Å². The smallest absolute Gasteiger partial charge is 0.261 e. The van der Waals surface area contributed by atoms with Gasteiger partial charge in [-0.05, 0) is 18.1 Å². The highest BCUT2D eigenvalue weighted by molar-refractivity contribution is 6.28. The van der Waals surface area contributed by atoms with Gasteiger partial charge in [0.15, 0.2) is 0 Å². The number of carbonyl (C=O) groups is 3. The summed E-state index contributed by atoms with van der Waals surface area (Å²) in [5.74, 6) is -0.824. The Kier molecular flexibility index (Phi) is 5.32. The van der Waals surface area contributed by atoms with Crippen molar-refractivity contribution in [2.24, 2.45) is 11.8 Å². The van der Waals surface area contributed by atoms with Crippen molar-refractivity contribution in [3.05, 3.63) is 42.0 Å². The van der Waals surface area contributed by atoms with Crippen LogP contribution < -0.4 is 10.2 Å². The fourth-order valence-electron chi connectivity index (χ4n) is 2.39. The number of rotatable bonds is 5. The van der Waals surface area contributed by atoms with E-state index >= 15 is 0 Å². The van der Waals surface area contributed by atoms with Gasteiger partial charge in [0.2, 0.25) is 11.8 Å². The van der Waals surface area contributed by atoms with Gasteiger partial charge >= 0.3 is 0 Å². The predicted molar refractivity (Wildman–Crippen MR) is 88.6 cm³/mol. The molecule has 1 N–H and O–H groups in total. The number of imide groups is 1. The summed E-state index contributed by atoms with van der Waals surface area (Å²) in [5, 5.41) is 2.83. The topological polar surface area (TPSA) is 66.5 Å². The molecule has 3 amide bonds. The van der Waals surface area contributed by atoms with Gasteiger partial charge in [-0.15, -0.1) is 0 Å². The van der Waals surface area contributed by atoms with Gasteiger partial charge in [-0.2, -0.15) is 0 Å². The van der Waals surface area contributed by atoms with E-state index in [4.69, 9.17) is 0 Å². The third-order valence-corrected chi connectivity index (χ3v) is 3.63. The Balaban J connectivity index is 2.11. The molecule has 0 aromatic heterocycles. The SMILES string of the molecule is CC(C)CNC(=O)C(C)/C=C1\CC(=O)N(c2ccccc2)C1=O. The summed E-state index contributed by atoms with van der Waals surface area (Å²) in [6, 6.07) is 8.82. The van der Waals surface area contributed by atoms with E-state index in [2.05, 4.69) is 5.32 Å². The Morgan fingerprint density at radius 1 is 1.22 bits per heavy atom. The Bertz CT molecular complexity index is 635. The monoisotopic (exact) mass is 314 g/mol. The fourth-order valence-corrected chi connectivity index (χ4v) is 2.39. The van der Waals surface area contributed by atoms with Crippen molar-refractivity contribution in [1.29, 1.82) is 0 Å². The molecule has 0 spiro atoms. The van der Waals surface area contributed by atoms with Crippen molar-refractivity contribution in [3.63, 3.8) is 0 Å². The first-order chi connectivity index (χ1) is 10.9. The average Bonchev–Trinajstić information content (AvgIpc) is 2.79. The number of carbonyl (C=O) groups excluding carboxylic acids is 3. The van der Waals surface area contributed by atoms with E-state index in [-0.39, 0.29) is 24.1 Å². The zero-order chi connectivity index (χ0) is 17.0. The molecule has 0 radical (unpaired) electrons. The van der Waals surface area contributed by atoms with Crippen molar-refractivity contribution in [2.45, 2.75) is 27.2 Å². The van der Waals surface area contributed by atoms with E-state index in [0.29, 0.717) is 23.7 Å². The van der Waals surface area contributed by atoms with Gasteiger partial charge < -0.3 is 5.32 Å². The molecule has 5 nitrogen and oxygen atoms in total. The molecule has 23 heavy (non-hydrogen) atoms. The number of para-hydroxylation sites is 1. The van der Waals surface area contributed by atoms with E-state index in [1.54, 1.807) is 37.3 Å². The quantitative estimate of drug-likeness (QED) is 0.670. The first kappa shape index (κ1) is 16.9. The molecule has 0 saturated carbocycles. The summed E-state index contributed by atoms with van der Waals surface area (Å²) in [6.45, 7) is 6.35. The van der Waals surface area contributed by atoms with Crippen LogP contribution in [-0.4, -0.2) is 24.3 Å². The third kappa shape index (κ3) is 4.06. The molecule has 1 aliphatic rings. The molecule has 1 heterocycles. The zero-order valence-corrected chi connectivity index (χ0v) is 13.7. The third-order valence-electron chi connectivity index (χ3n) is 3.63. The van der Waals surface area contributed by atoms with Gasteiger partial charge in [0, 0.05) is 12.1 Å². The lowest BCUT2D eigenvalue weighted by atomic mass is 10.1. The summed E-state index contributed by atoms with van der Waals surface area (Å²) in [5.41, 5.74) is 0.939.